The molecule has 0 bridgehead atoms. The predicted molar refractivity (Wildman–Crippen MR) is 159 cm³/mol. The van der Waals surface area contributed by atoms with Crippen LogP contribution in [-0.2, 0) is 0 Å². The van der Waals surface area contributed by atoms with Gasteiger partial charge in [-0.3, -0.25) is 0 Å². The Labute approximate surface area is 220 Å². The Balaban J connectivity index is 1.49. The second-order valence-electron chi connectivity index (χ2n) is 9.82. The normalized spacial score (nSPS) is 11.7. The van der Waals surface area contributed by atoms with E-state index >= 15 is 0 Å². The first-order valence-corrected chi connectivity index (χ1v) is 12.9. The fourth-order valence-corrected chi connectivity index (χ4v) is 5.80. The van der Waals surface area contributed by atoms with Gasteiger partial charge in [-0.15, -0.1) is 0 Å². The van der Waals surface area contributed by atoms with Gasteiger partial charge in [0, 0.05) is 27.2 Å². The van der Waals surface area contributed by atoms with E-state index in [2.05, 4.69) is 132 Å². The molecule has 0 fully saturated rings. The standard InChI is InChI=1S/C36H23NO/c1-3-11-24(12-4-1)26-19-27(25-13-5-2-6-14-25)21-28(20-26)37-33-17-9-7-15-29(33)31-23-36-32(22-34(31)37)30-16-8-10-18-35(30)38-36/h1-23H. The van der Waals surface area contributed by atoms with Crippen molar-refractivity contribution in [2.45, 2.75) is 0 Å². The molecule has 0 aliphatic heterocycles. The zero-order valence-corrected chi connectivity index (χ0v) is 20.6. The number of furan rings is 1. The summed E-state index contributed by atoms with van der Waals surface area (Å²) in [5.41, 5.74) is 10.1. The molecule has 2 aromatic heterocycles. The average Bonchev–Trinajstić information content (AvgIpc) is 3.51. The molecule has 2 heteroatoms. The molecule has 0 amide bonds. The van der Waals surface area contributed by atoms with Crippen molar-refractivity contribution in [3.05, 3.63) is 140 Å². The molecule has 0 unspecified atom stereocenters. The van der Waals surface area contributed by atoms with Crippen molar-refractivity contribution in [1.29, 1.82) is 0 Å². The van der Waals surface area contributed by atoms with Gasteiger partial charge in [-0.05, 0) is 64.7 Å². The van der Waals surface area contributed by atoms with E-state index in [1.165, 1.54) is 44.1 Å². The van der Waals surface area contributed by atoms with E-state index in [4.69, 9.17) is 4.42 Å². The highest BCUT2D eigenvalue weighted by Gasteiger charge is 2.17. The molecule has 0 spiro atoms. The van der Waals surface area contributed by atoms with Crippen LogP contribution in [0.5, 0.6) is 0 Å². The van der Waals surface area contributed by atoms with Gasteiger partial charge >= 0.3 is 0 Å². The first kappa shape index (κ1) is 21.0. The molecule has 6 aromatic carbocycles. The second-order valence-corrected chi connectivity index (χ2v) is 9.82. The van der Waals surface area contributed by atoms with Crippen LogP contribution in [0.15, 0.2) is 144 Å². The molecule has 8 rings (SSSR count). The number of hydrogen-bond acceptors (Lipinski definition) is 1. The Morgan fingerprint density at radius 2 is 0.974 bits per heavy atom. The van der Waals surface area contributed by atoms with Gasteiger partial charge in [-0.25, -0.2) is 0 Å². The van der Waals surface area contributed by atoms with Gasteiger partial charge in [0.05, 0.1) is 11.0 Å². The Kier molecular flexibility index (Phi) is 4.55. The molecule has 0 N–H and O–H groups in total. The summed E-state index contributed by atoms with van der Waals surface area (Å²) < 4.78 is 8.68. The quantitative estimate of drug-likeness (QED) is 0.243. The molecule has 0 saturated carbocycles. The molecule has 0 aliphatic carbocycles. The van der Waals surface area contributed by atoms with E-state index < -0.39 is 0 Å². The summed E-state index contributed by atoms with van der Waals surface area (Å²) in [4.78, 5) is 0. The van der Waals surface area contributed by atoms with Crippen LogP contribution in [0.3, 0.4) is 0 Å². The van der Waals surface area contributed by atoms with Crippen molar-refractivity contribution in [2.75, 3.05) is 0 Å². The third-order valence-electron chi connectivity index (χ3n) is 7.56. The summed E-state index contributed by atoms with van der Waals surface area (Å²) >= 11 is 0. The summed E-state index contributed by atoms with van der Waals surface area (Å²) in [6, 6.07) is 49.7. The number of nitrogens with zero attached hydrogens (tertiary/aromatic N) is 1. The second kappa shape index (κ2) is 8.22. The lowest BCUT2D eigenvalue weighted by Crippen LogP contribution is -1.96. The van der Waals surface area contributed by atoms with E-state index in [1.54, 1.807) is 0 Å². The fraction of sp³-hybridized carbons (Fsp3) is 0. The van der Waals surface area contributed by atoms with Crippen molar-refractivity contribution in [3.63, 3.8) is 0 Å². The van der Waals surface area contributed by atoms with E-state index in [1.807, 2.05) is 12.1 Å². The summed E-state index contributed by atoms with van der Waals surface area (Å²) in [6.07, 6.45) is 0. The highest BCUT2D eigenvalue weighted by atomic mass is 16.3. The lowest BCUT2D eigenvalue weighted by molar-refractivity contribution is 0.669. The van der Waals surface area contributed by atoms with E-state index in [0.29, 0.717) is 0 Å². The van der Waals surface area contributed by atoms with Gasteiger partial charge < -0.3 is 8.98 Å². The van der Waals surface area contributed by atoms with Crippen LogP contribution in [0.25, 0.3) is 71.7 Å². The molecule has 38 heavy (non-hydrogen) atoms. The smallest absolute Gasteiger partial charge is 0.136 e. The van der Waals surface area contributed by atoms with E-state index in [0.717, 1.165) is 27.6 Å². The molecule has 0 aliphatic rings. The predicted octanol–water partition coefficient (Wildman–Crippen LogP) is 10.0. The van der Waals surface area contributed by atoms with Crippen LogP contribution in [0.1, 0.15) is 0 Å². The summed E-state index contributed by atoms with van der Waals surface area (Å²) in [6.45, 7) is 0. The minimum absolute atomic E-state index is 0.920. The van der Waals surface area contributed by atoms with Crippen LogP contribution in [-0.4, -0.2) is 4.57 Å². The lowest BCUT2D eigenvalue weighted by atomic mass is 9.98. The maximum absolute atomic E-state index is 6.27. The molecule has 2 heterocycles. The van der Waals surface area contributed by atoms with E-state index in [-0.39, 0.29) is 0 Å². The Morgan fingerprint density at radius 3 is 1.68 bits per heavy atom. The number of rotatable bonds is 3. The Bertz CT molecular complexity index is 2060. The van der Waals surface area contributed by atoms with Crippen molar-refractivity contribution in [3.8, 4) is 27.9 Å². The Hall–Kier alpha value is -5.08. The van der Waals surface area contributed by atoms with Crippen LogP contribution in [0.4, 0.5) is 0 Å². The lowest BCUT2D eigenvalue weighted by Gasteiger charge is -2.14. The number of benzene rings is 6. The first-order chi connectivity index (χ1) is 18.8. The highest BCUT2D eigenvalue weighted by molar-refractivity contribution is 6.17. The van der Waals surface area contributed by atoms with Crippen molar-refractivity contribution >= 4 is 43.7 Å². The third kappa shape index (κ3) is 3.21. The van der Waals surface area contributed by atoms with Gasteiger partial charge in [0.2, 0.25) is 0 Å². The Morgan fingerprint density at radius 1 is 0.368 bits per heavy atom. The van der Waals surface area contributed by atoms with Crippen LogP contribution in [0.2, 0.25) is 0 Å². The molecule has 0 atom stereocenters. The first-order valence-electron chi connectivity index (χ1n) is 12.9. The highest BCUT2D eigenvalue weighted by Crippen LogP contribution is 2.39. The van der Waals surface area contributed by atoms with Gasteiger partial charge in [-0.1, -0.05) is 97.1 Å². The van der Waals surface area contributed by atoms with Gasteiger partial charge in [-0.2, -0.15) is 0 Å². The third-order valence-corrected chi connectivity index (χ3v) is 7.56. The van der Waals surface area contributed by atoms with Crippen LogP contribution < -0.4 is 0 Å². The van der Waals surface area contributed by atoms with Gasteiger partial charge in [0.1, 0.15) is 11.2 Å². The number of hydrogen-bond donors (Lipinski definition) is 0. The van der Waals surface area contributed by atoms with Crippen LogP contribution >= 0.6 is 0 Å². The molecule has 178 valence electrons. The monoisotopic (exact) mass is 485 g/mol. The zero-order chi connectivity index (χ0) is 25.1. The molecular weight excluding hydrogens is 462 g/mol. The van der Waals surface area contributed by atoms with Gasteiger partial charge in [0.25, 0.3) is 0 Å². The average molecular weight is 486 g/mol. The van der Waals surface area contributed by atoms with Crippen LogP contribution in [0, 0.1) is 0 Å². The summed E-state index contributed by atoms with van der Waals surface area (Å²) in [5, 5.41) is 4.69. The maximum atomic E-state index is 6.27. The minimum atomic E-state index is 0.920. The summed E-state index contributed by atoms with van der Waals surface area (Å²) in [5.74, 6) is 0. The zero-order valence-electron chi connectivity index (χ0n) is 20.6. The van der Waals surface area contributed by atoms with E-state index in [9.17, 15) is 0 Å². The number of para-hydroxylation sites is 2. The minimum Gasteiger partial charge on any atom is -0.456 e. The molecule has 0 saturated heterocycles. The van der Waals surface area contributed by atoms with Crippen molar-refractivity contribution in [2.24, 2.45) is 0 Å². The topological polar surface area (TPSA) is 18.1 Å². The molecular formula is C36H23NO. The SMILES string of the molecule is c1ccc(-c2cc(-c3ccccc3)cc(-n3c4ccccc4c4cc5oc6ccccc6c5cc43)c2)cc1. The molecule has 8 aromatic rings. The summed E-state index contributed by atoms with van der Waals surface area (Å²) in [7, 11) is 0. The fourth-order valence-electron chi connectivity index (χ4n) is 5.80. The number of aromatic nitrogens is 1. The largest absolute Gasteiger partial charge is 0.456 e. The molecule has 0 radical (unpaired) electrons. The van der Waals surface area contributed by atoms with Crippen molar-refractivity contribution < 1.29 is 4.42 Å². The number of fused-ring (bicyclic) bond motifs is 6. The molecule has 2 nitrogen and oxygen atoms in total. The van der Waals surface area contributed by atoms with Gasteiger partial charge in [0.15, 0.2) is 0 Å². The van der Waals surface area contributed by atoms with Crippen molar-refractivity contribution in [1.82, 2.24) is 4.57 Å². The maximum Gasteiger partial charge on any atom is 0.136 e.